The van der Waals surface area contributed by atoms with Crippen LogP contribution in [0.25, 0.3) is 0 Å². The van der Waals surface area contributed by atoms with Crippen LogP contribution >= 0.6 is 0 Å². The van der Waals surface area contributed by atoms with Gasteiger partial charge in [-0.05, 0) is 0 Å². The first kappa shape index (κ1) is 9.64. The number of carbonyl (C=O) groups is 1. The summed E-state index contributed by atoms with van der Waals surface area (Å²) in [6.45, 7) is 0.965. The Kier molecular flexibility index (Phi) is 3.65. The third-order valence-electron chi connectivity index (χ3n) is 1.94. The summed E-state index contributed by atoms with van der Waals surface area (Å²) in [6, 6.07) is 0. The van der Waals surface area contributed by atoms with Gasteiger partial charge in [-0.1, -0.05) is 0 Å². The molecule has 0 aromatic rings. The summed E-state index contributed by atoms with van der Waals surface area (Å²) >= 11 is 0. The van der Waals surface area contributed by atoms with Crippen molar-refractivity contribution in [2.45, 2.75) is 18.6 Å². The van der Waals surface area contributed by atoms with E-state index in [1.807, 2.05) is 0 Å². The predicted molar refractivity (Wildman–Crippen MR) is 42.0 cm³/mol. The fourth-order valence-corrected chi connectivity index (χ4v) is 1.13. The molecule has 0 amide bonds. The highest BCUT2D eigenvalue weighted by atomic mass is 16.6. The van der Waals surface area contributed by atoms with E-state index >= 15 is 0 Å². The normalized spacial score (nSPS) is 28.7. The summed E-state index contributed by atoms with van der Waals surface area (Å²) in [5.41, 5.74) is 0. The van der Waals surface area contributed by atoms with Crippen LogP contribution in [0.2, 0.25) is 0 Å². The first-order valence-electron chi connectivity index (χ1n) is 3.95. The first-order chi connectivity index (χ1) is 5.79. The van der Waals surface area contributed by atoms with E-state index in [1.54, 1.807) is 14.2 Å². The molecule has 0 bridgehead atoms. The van der Waals surface area contributed by atoms with Gasteiger partial charge >= 0.3 is 0 Å². The molecule has 2 atom stereocenters. The Balaban J connectivity index is 2.16. The molecule has 0 spiro atoms. The van der Waals surface area contributed by atoms with Crippen LogP contribution in [0.5, 0.6) is 0 Å². The highest BCUT2D eigenvalue weighted by molar-refractivity contribution is 5.90. The van der Waals surface area contributed by atoms with Gasteiger partial charge in [0.05, 0.1) is 19.3 Å². The molecular weight excluding hydrogens is 160 g/mol. The smallest absolute Gasteiger partial charge is 0.166 e. The quantitative estimate of drug-likeness (QED) is 0.550. The van der Waals surface area contributed by atoms with Gasteiger partial charge in [0, 0.05) is 20.6 Å². The average Bonchev–Trinajstić information content (AvgIpc) is 2.08. The molecule has 0 heterocycles. The second-order valence-electron chi connectivity index (χ2n) is 2.73. The van der Waals surface area contributed by atoms with E-state index in [0.29, 0.717) is 19.6 Å². The van der Waals surface area contributed by atoms with Gasteiger partial charge in [0.2, 0.25) is 0 Å². The van der Waals surface area contributed by atoms with Gasteiger partial charge in [0.1, 0.15) is 6.10 Å². The first-order valence-corrected chi connectivity index (χ1v) is 3.95. The molecule has 1 aliphatic rings. The van der Waals surface area contributed by atoms with Crippen molar-refractivity contribution in [1.82, 2.24) is 0 Å². The molecule has 0 saturated heterocycles. The average molecular weight is 174 g/mol. The molecule has 4 nitrogen and oxygen atoms in total. The topological polar surface area (TPSA) is 44.8 Å². The van der Waals surface area contributed by atoms with Gasteiger partial charge in [-0.15, -0.1) is 0 Å². The van der Waals surface area contributed by atoms with Crippen molar-refractivity contribution in [1.29, 1.82) is 0 Å². The summed E-state index contributed by atoms with van der Waals surface area (Å²) in [4.78, 5) is 10.9. The number of hydrogen-bond donors (Lipinski definition) is 0. The second-order valence-corrected chi connectivity index (χ2v) is 2.73. The second kappa shape index (κ2) is 4.54. The number of ether oxygens (including phenoxy) is 3. The lowest BCUT2D eigenvalue weighted by Gasteiger charge is -2.33. The van der Waals surface area contributed by atoms with Crippen LogP contribution < -0.4 is 0 Å². The summed E-state index contributed by atoms with van der Waals surface area (Å²) in [6.07, 6.45) is 0.0771. The zero-order valence-electron chi connectivity index (χ0n) is 7.41. The van der Waals surface area contributed by atoms with E-state index in [1.165, 1.54) is 0 Å². The SMILES string of the molecule is COCCOC1C(=O)CC1OC. The van der Waals surface area contributed by atoms with Gasteiger partial charge in [-0.3, -0.25) is 4.79 Å². The van der Waals surface area contributed by atoms with Crippen LogP contribution in [0.15, 0.2) is 0 Å². The maximum absolute atomic E-state index is 10.9. The van der Waals surface area contributed by atoms with Gasteiger partial charge < -0.3 is 14.2 Å². The Bertz CT molecular complexity index is 157. The van der Waals surface area contributed by atoms with Gasteiger partial charge in [-0.2, -0.15) is 0 Å². The molecule has 1 aliphatic carbocycles. The minimum Gasteiger partial charge on any atom is -0.382 e. The molecule has 1 saturated carbocycles. The monoisotopic (exact) mass is 174 g/mol. The fourth-order valence-electron chi connectivity index (χ4n) is 1.13. The lowest BCUT2D eigenvalue weighted by atomic mass is 9.90. The zero-order valence-corrected chi connectivity index (χ0v) is 7.41. The van der Waals surface area contributed by atoms with Crippen molar-refractivity contribution in [3.63, 3.8) is 0 Å². The Morgan fingerprint density at radius 3 is 2.67 bits per heavy atom. The molecular formula is C8H14O4. The molecule has 1 rings (SSSR count). The fraction of sp³-hybridized carbons (Fsp3) is 0.875. The highest BCUT2D eigenvalue weighted by Crippen LogP contribution is 2.21. The van der Waals surface area contributed by atoms with E-state index in [-0.39, 0.29) is 18.0 Å². The predicted octanol–water partition coefficient (Wildman–Crippen LogP) is 0.00580. The summed E-state index contributed by atoms with van der Waals surface area (Å²) < 4.78 is 15.0. The molecule has 0 radical (unpaired) electrons. The Morgan fingerprint density at radius 1 is 1.42 bits per heavy atom. The van der Waals surface area contributed by atoms with E-state index in [4.69, 9.17) is 14.2 Å². The van der Waals surface area contributed by atoms with Crippen molar-refractivity contribution >= 4 is 5.78 Å². The molecule has 0 aromatic carbocycles. The van der Waals surface area contributed by atoms with Gasteiger partial charge in [-0.25, -0.2) is 0 Å². The lowest BCUT2D eigenvalue weighted by molar-refractivity contribution is -0.163. The molecule has 12 heavy (non-hydrogen) atoms. The molecule has 0 aliphatic heterocycles. The number of methoxy groups -OCH3 is 2. The minimum absolute atomic E-state index is 0.0469. The van der Waals surface area contributed by atoms with Crippen molar-refractivity contribution in [3.8, 4) is 0 Å². The van der Waals surface area contributed by atoms with Crippen molar-refractivity contribution in [2.75, 3.05) is 27.4 Å². The largest absolute Gasteiger partial charge is 0.382 e. The van der Waals surface area contributed by atoms with E-state index in [2.05, 4.69) is 0 Å². The van der Waals surface area contributed by atoms with Gasteiger partial charge in [0.15, 0.2) is 5.78 Å². The molecule has 1 fully saturated rings. The van der Waals surface area contributed by atoms with Crippen LogP contribution in [0.1, 0.15) is 6.42 Å². The maximum atomic E-state index is 10.9. The van der Waals surface area contributed by atoms with E-state index in [9.17, 15) is 4.79 Å². The van der Waals surface area contributed by atoms with E-state index < -0.39 is 0 Å². The van der Waals surface area contributed by atoms with Gasteiger partial charge in [0.25, 0.3) is 0 Å². The number of Topliss-reactive ketones (excluding diaryl/α,β-unsaturated/α-hetero) is 1. The summed E-state index contributed by atoms with van der Waals surface area (Å²) in [7, 11) is 3.18. The molecule has 70 valence electrons. The van der Waals surface area contributed by atoms with Crippen LogP contribution in [-0.2, 0) is 19.0 Å². The Hall–Kier alpha value is -0.450. The minimum atomic E-state index is -0.356. The van der Waals surface area contributed by atoms with Crippen LogP contribution in [0.3, 0.4) is 0 Å². The standard InChI is InChI=1S/C8H14O4/c1-10-3-4-12-8-6(9)5-7(8)11-2/h7-8H,3-5H2,1-2H3. The summed E-state index contributed by atoms with van der Waals surface area (Å²) in [5, 5.41) is 0. The van der Waals surface area contributed by atoms with Crippen LogP contribution in [0.4, 0.5) is 0 Å². The van der Waals surface area contributed by atoms with Crippen LogP contribution in [0, 0.1) is 0 Å². The van der Waals surface area contributed by atoms with Crippen LogP contribution in [-0.4, -0.2) is 45.4 Å². The number of rotatable bonds is 5. The number of hydrogen-bond acceptors (Lipinski definition) is 4. The number of carbonyl (C=O) groups excluding carboxylic acids is 1. The summed E-state index contributed by atoms with van der Waals surface area (Å²) in [5.74, 6) is 0.123. The lowest BCUT2D eigenvalue weighted by Crippen LogP contribution is -2.50. The Morgan fingerprint density at radius 2 is 2.17 bits per heavy atom. The highest BCUT2D eigenvalue weighted by Gasteiger charge is 2.40. The zero-order chi connectivity index (χ0) is 8.97. The van der Waals surface area contributed by atoms with E-state index in [0.717, 1.165) is 0 Å². The van der Waals surface area contributed by atoms with Crippen molar-refractivity contribution in [3.05, 3.63) is 0 Å². The third-order valence-corrected chi connectivity index (χ3v) is 1.94. The number of ketones is 1. The molecule has 4 heteroatoms. The third kappa shape index (κ3) is 2.03. The molecule has 0 N–H and O–H groups in total. The Labute approximate surface area is 71.8 Å². The van der Waals surface area contributed by atoms with Crippen molar-refractivity contribution < 1.29 is 19.0 Å². The maximum Gasteiger partial charge on any atom is 0.166 e. The molecule has 0 aromatic heterocycles. The molecule has 2 unspecified atom stereocenters. The van der Waals surface area contributed by atoms with Crippen molar-refractivity contribution in [2.24, 2.45) is 0 Å².